The van der Waals surface area contributed by atoms with E-state index in [4.69, 9.17) is 14.5 Å². The van der Waals surface area contributed by atoms with Gasteiger partial charge in [-0.1, -0.05) is 17.4 Å². The van der Waals surface area contributed by atoms with Gasteiger partial charge in [0.05, 0.1) is 25.0 Å². The summed E-state index contributed by atoms with van der Waals surface area (Å²) in [6.45, 7) is 7.03. The molecule has 0 aliphatic carbocycles. The van der Waals surface area contributed by atoms with Gasteiger partial charge in [-0.05, 0) is 49.2 Å². The fourth-order valence-corrected chi connectivity index (χ4v) is 5.07. The van der Waals surface area contributed by atoms with Gasteiger partial charge in [0, 0.05) is 51.5 Å². The normalized spacial score (nSPS) is 14.4. The molecule has 2 heterocycles. The number of amides is 1. The third-order valence-corrected chi connectivity index (χ3v) is 7.19. The fraction of sp³-hybridized carbons (Fsp3) is 0.440. The SMILES string of the molecule is COc1ccc(C)c2sc(N(CCCN3CCOCC3)C(=O)c3ccc(N(C)C)cc3)nc12. The zero-order chi connectivity index (χ0) is 23.4. The number of carbonyl (C=O) groups excluding carboxylic acids is 1. The number of aromatic nitrogens is 1. The number of morpholine rings is 1. The maximum absolute atomic E-state index is 13.6. The highest BCUT2D eigenvalue weighted by Crippen LogP contribution is 2.37. The minimum atomic E-state index is -0.0297. The highest BCUT2D eigenvalue weighted by Gasteiger charge is 2.23. The molecule has 2 aromatic carbocycles. The van der Waals surface area contributed by atoms with Crippen LogP contribution in [0.15, 0.2) is 36.4 Å². The molecule has 0 N–H and O–H groups in total. The molecule has 1 amide bonds. The van der Waals surface area contributed by atoms with Crippen molar-refractivity contribution in [2.24, 2.45) is 0 Å². The van der Waals surface area contributed by atoms with Crippen LogP contribution in [0, 0.1) is 6.92 Å². The van der Waals surface area contributed by atoms with Crippen LogP contribution < -0.4 is 14.5 Å². The predicted octanol–water partition coefficient (Wildman–Crippen LogP) is 4.05. The van der Waals surface area contributed by atoms with Crippen molar-refractivity contribution in [3.05, 3.63) is 47.5 Å². The fourth-order valence-electron chi connectivity index (χ4n) is 4.00. The van der Waals surface area contributed by atoms with Crippen molar-refractivity contribution in [3.8, 4) is 5.75 Å². The number of benzene rings is 2. The van der Waals surface area contributed by atoms with E-state index < -0.39 is 0 Å². The number of hydrogen-bond donors (Lipinski definition) is 0. The number of fused-ring (bicyclic) bond motifs is 1. The molecule has 1 fully saturated rings. The first-order valence-corrected chi connectivity index (χ1v) is 12.1. The second kappa shape index (κ2) is 10.5. The Kier molecular flexibility index (Phi) is 7.47. The molecule has 0 saturated carbocycles. The van der Waals surface area contributed by atoms with Crippen molar-refractivity contribution >= 4 is 38.3 Å². The highest BCUT2D eigenvalue weighted by atomic mass is 32.1. The Morgan fingerprint density at radius 1 is 1.15 bits per heavy atom. The summed E-state index contributed by atoms with van der Waals surface area (Å²) >= 11 is 1.55. The number of methoxy groups -OCH3 is 1. The molecule has 0 atom stereocenters. The predicted molar refractivity (Wildman–Crippen MR) is 135 cm³/mol. The second-order valence-corrected chi connectivity index (χ2v) is 9.44. The van der Waals surface area contributed by atoms with Crippen molar-refractivity contribution in [2.45, 2.75) is 13.3 Å². The summed E-state index contributed by atoms with van der Waals surface area (Å²) in [5.74, 6) is 0.701. The third-order valence-electron chi connectivity index (χ3n) is 5.98. The van der Waals surface area contributed by atoms with Crippen LogP contribution in [-0.2, 0) is 4.74 Å². The van der Waals surface area contributed by atoms with Crippen molar-refractivity contribution in [1.82, 2.24) is 9.88 Å². The Labute approximate surface area is 199 Å². The second-order valence-electron chi connectivity index (χ2n) is 8.46. The van der Waals surface area contributed by atoms with Gasteiger partial charge in [-0.2, -0.15) is 0 Å². The van der Waals surface area contributed by atoms with E-state index in [0.717, 1.165) is 66.5 Å². The van der Waals surface area contributed by atoms with Crippen LogP contribution in [0.2, 0.25) is 0 Å². The van der Waals surface area contributed by atoms with Gasteiger partial charge in [0.1, 0.15) is 11.3 Å². The Hall–Kier alpha value is -2.68. The lowest BCUT2D eigenvalue weighted by Crippen LogP contribution is -2.39. The lowest BCUT2D eigenvalue weighted by atomic mass is 10.1. The van der Waals surface area contributed by atoms with Gasteiger partial charge in [-0.15, -0.1) is 0 Å². The van der Waals surface area contributed by atoms with Gasteiger partial charge < -0.3 is 14.4 Å². The van der Waals surface area contributed by atoms with E-state index in [1.165, 1.54) is 0 Å². The Bertz CT molecular complexity index is 1090. The minimum Gasteiger partial charge on any atom is -0.494 e. The average molecular weight is 469 g/mol. The lowest BCUT2D eigenvalue weighted by Gasteiger charge is -2.27. The van der Waals surface area contributed by atoms with Gasteiger partial charge >= 0.3 is 0 Å². The number of ether oxygens (including phenoxy) is 2. The largest absolute Gasteiger partial charge is 0.494 e. The summed E-state index contributed by atoms with van der Waals surface area (Å²) in [4.78, 5) is 24.7. The number of nitrogens with zero attached hydrogens (tertiary/aromatic N) is 4. The summed E-state index contributed by atoms with van der Waals surface area (Å²) in [5, 5.41) is 0.710. The van der Waals surface area contributed by atoms with Crippen molar-refractivity contribution in [1.29, 1.82) is 0 Å². The Morgan fingerprint density at radius 3 is 2.55 bits per heavy atom. The van der Waals surface area contributed by atoms with Crippen LogP contribution in [0.25, 0.3) is 10.2 Å². The van der Waals surface area contributed by atoms with Crippen LogP contribution >= 0.6 is 11.3 Å². The van der Waals surface area contributed by atoms with Gasteiger partial charge in [-0.3, -0.25) is 14.6 Å². The molecule has 0 bridgehead atoms. The standard InChI is InChI=1S/C25H32N4O3S/c1-18-6-11-21(31-4)22-23(18)33-25(26-22)29(13-5-12-28-14-16-32-17-15-28)24(30)19-7-9-20(10-8-19)27(2)3/h6-11H,5,12-17H2,1-4H3. The van der Waals surface area contributed by atoms with E-state index in [2.05, 4.69) is 11.8 Å². The molecule has 8 heteroatoms. The first-order chi connectivity index (χ1) is 16.0. The molecular formula is C25H32N4O3S. The van der Waals surface area contributed by atoms with E-state index in [1.807, 2.05) is 60.3 Å². The number of aryl methyl sites for hydroxylation is 1. The van der Waals surface area contributed by atoms with E-state index in [9.17, 15) is 4.79 Å². The van der Waals surface area contributed by atoms with Gasteiger partial charge in [0.25, 0.3) is 5.91 Å². The summed E-state index contributed by atoms with van der Waals surface area (Å²) in [6.07, 6.45) is 0.869. The first-order valence-electron chi connectivity index (χ1n) is 11.3. The van der Waals surface area contributed by atoms with Crippen LogP contribution in [0.4, 0.5) is 10.8 Å². The van der Waals surface area contributed by atoms with E-state index in [-0.39, 0.29) is 5.91 Å². The van der Waals surface area contributed by atoms with Crippen LogP contribution in [0.1, 0.15) is 22.3 Å². The highest BCUT2D eigenvalue weighted by molar-refractivity contribution is 7.22. The van der Waals surface area contributed by atoms with Crippen molar-refractivity contribution < 1.29 is 14.3 Å². The number of rotatable bonds is 8. The maximum Gasteiger partial charge on any atom is 0.260 e. The molecule has 1 saturated heterocycles. The van der Waals surface area contributed by atoms with E-state index >= 15 is 0 Å². The quantitative estimate of drug-likeness (QED) is 0.497. The first kappa shape index (κ1) is 23.5. The molecule has 33 heavy (non-hydrogen) atoms. The zero-order valence-corrected chi connectivity index (χ0v) is 20.7. The summed E-state index contributed by atoms with van der Waals surface area (Å²) in [7, 11) is 5.64. The smallest absolute Gasteiger partial charge is 0.260 e. The third kappa shape index (κ3) is 5.29. The average Bonchev–Trinajstić information content (AvgIpc) is 3.28. The van der Waals surface area contributed by atoms with Crippen molar-refractivity contribution in [2.75, 3.05) is 70.4 Å². The zero-order valence-electron chi connectivity index (χ0n) is 19.8. The number of anilines is 2. The van der Waals surface area contributed by atoms with Gasteiger partial charge in [-0.25, -0.2) is 4.98 Å². The summed E-state index contributed by atoms with van der Waals surface area (Å²) in [5.41, 5.74) is 3.66. The molecule has 1 aromatic heterocycles. The molecule has 0 radical (unpaired) electrons. The summed E-state index contributed by atoms with van der Waals surface area (Å²) in [6, 6.07) is 11.7. The molecule has 4 rings (SSSR count). The van der Waals surface area contributed by atoms with Gasteiger partial charge in [0.15, 0.2) is 5.13 Å². The molecule has 176 valence electrons. The lowest BCUT2D eigenvalue weighted by molar-refractivity contribution is 0.0376. The monoisotopic (exact) mass is 468 g/mol. The number of carbonyl (C=O) groups is 1. The number of hydrogen-bond acceptors (Lipinski definition) is 7. The number of thiazole rings is 1. The van der Waals surface area contributed by atoms with Crippen LogP contribution in [0.5, 0.6) is 5.75 Å². The maximum atomic E-state index is 13.6. The molecule has 0 spiro atoms. The Morgan fingerprint density at radius 2 is 1.88 bits per heavy atom. The molecule has 3 aromatic rings. The molecular weight excluding hydrogens is 436 g/mol. The Balaban J connectivity index is 1.62. The molecule has 1 aliphatic rings. The molecule has 7 nitrogen and oxygen atoms in total. The van der Waals surface area contributed by atoms with Gasteiger partial charge in [0.2, 0.25) is 0 Å². The van der Waals surface area contributed by atoms with E-state index in [0.29, 0.717) is 17.2 Å². The molecule has 1 aliphatic heterocycles. The summed E-state index contributed by atoms with van der Waals surface area (Å²) < 4.78 is 12.0. The minimum absolute atomic E-state index is 0.0297. The van der Waals surface area contributed by atoms with Crippen molar-refractivity contribution in [3.63, 3.8) is 0 Å². The van der Waals surface area contributed by atoms with Crippen LogP contribution in [0.3, 0.4) is 0 Å². The topological polar surface area (TPSA) is 58.1 Å². The van der Waals surface area contributed by atoms with Crippen LogP contribution in [-0.4, -0.2) is 76.4 Å². The molecule has 0 unspecified atom stereocenters. The van der Waals surface area contributed by atoms with E-state index in [1.54, 1.807) is 18.4 Å².